The molecule has 0 aliphatic heterocycles. The molecule has 4 rings (SSSR count). The van der Waals surface area contributed by atoms with Crippen molar-refractivity contribution >= 4 is 5.91 Å². The monoisotopic (exact) mass is 381 g/mol. The maximum Gasteiger partial charge on any atom is 0.434 e. The average Bonchev–Trinajstić information content (AvgIpc) is 3.10. The van der Waals surface area contributed by atoms with Crippen molar-refractivity contribution in [2.24, 2.45) is 5.92 Å². The van der Waals surface area contributed by atoms with Crippen LogP contribution in [-0.4, -0.2) is 42.9 Å². The fraction of sp³-hybridized carbons (Fsp3) is 0.529. The Hall–Kier alpha value is -2.49. The second-order valence-corrected chi connectivity index (χ2v) is 7.68. The summed E-state index contributed by atoms with van der Waals surface area (Å²) in [5.74, 6) is 0.394. The molecule has 10 heteroatoms. The molecule has 144 valence electrons. The number of nitrogens with one attached hydrogen (secondary N) is 1. The molecular weight excluding hydrogens is 363 g/mol. The van der Waals surface area contributed by atoms with Gasteiger partial charge < -0.3 is 10.4 Å². The SMILES string of the molecule is CC(C)(CO)NC(=O)c1nn(-c2cnc(C(F)(F)F)cn2)c2c1C[C@H]1C[C@@H]21. The van der Waals surface area contributed by atoms with Crippen molar-refractivity contribution in [2.45, 2.75) is 44.3 Å². The Morgan fingerprint density at radius 1 is 1.33 bits per heavy atom. The summed E-state index contributed by atoms with van der Waals surface area (Å²) in [5.41, 5.74) is -0.0590. The number of aromatic nitrogens is 4. The summed E-state index contributed by atoms with van der Waals surface area (Å²) < 4.78 is 39.6. The van der Waals surface area contributed by atoms with Gasteiger partial charge in [0.05, 0.1) is 30.2 Å². The van der Waals surface area contributed by atoms with Gasteiger partial charge in [-0.25, -0.2) is 14.6 Å². The van der Waals surface area contributed by atoms with Crippen LogP contribution in [-0.2, 0) is 12.6 Å². The molecule has 1 amide bonds. The van der Waals surface area contributed by atoms with Crippen LogP contribution < -0.4 is 5.32 Å². The summed E-state index contributed by atoms with van der Waals surface area (Å²) in [6.45, 7) is 3.12. The summed E-state index contributed by atoms with van der Waals surface area (Å²) >= 11 is 0. The predicted octanol–water partition coefficient (Wildman–Crippen LogP) is 1.84. The Morgan fingerprint density at radius 3 is 2.67 bits per heavy atom. The quantitative estimate of drug-likeness (QED) is 0.843. The van der Waals surface area contributed by atoms with Crippen LogP contribution in [0.15, 0.2) is 12.4 Å². The molecule has 2 N–H and O–H groups in total. The minimum atomic E-state index is -4.57. The van der Waals surface area contributed by atoms with Gasteiger partial charge in [0.1, 0.15) is 0 Å². The van der Waals surface area contributed by atoms with Crippen LogP contribution in [0.3, 0.4) is 0 Å². The van der Waals surface area contributed by atoms with E-state index in [9.17, 15) is 23.1 Å². The minimum Gasteiger partial charge on any atom is -0.394 e. The Morgan fingerprint density at radius 2 is 2.07 bits per heavy atom. The standard InChI is InChI=1S/C17H18F3N5O2/c1-16(2,7-26)23-15(27)13-10-4-8-3-9(8)14(10)25(24-13)12-6-21-11(5-22-12)17(18,19)20/h5-6,8-9,26H,3-4,7H2,1-2H3,(H,23,27)/t8-,9-/m1/s1. The second kappa shape index (κ2) is 5.75. The zero-order valence-corrected chi connectivity index (χ0v) is 14.7. The van der Waals surface area contributed by atoms with Gasteiger partial charge in [0.25, 0.3) is 5.91 Å². The number of rotatable bonds is 4. The van der Waals surface area contributed by atoms with Gasteiger partial charge in [-0.2, -0.15) is 18.3 Å². The van der Waals surface area contributed by atoms with Gasteiger partial charge in [0, 0.05) is 11.5 Å². The van der Waals surface area contributed by atoms with Crippen LogP contribution in [0.5, 0.6) is 0 Å². The van der Waals surface area contributed by atoms with Gasteiger partial charge in [-0.3, -0.25) is 4.79 Å². The summed E-state index contributed by atoms with van der Waals surface area (Å²) in [6, 6.07) is 0. The third-order valence-electron chi connectivity index (χ3n) is 4.97. The van der Waals surface area contributed by atoms with Crippen molar-refractivity contribution < 1.29 is 23.1 Å². The molecule has 0 radical (unpaired) electrons. The van der Waals surface area contributed by atoms with Gasteiger partial charge in [-0.15, -0.1) is 0 Å². The van der Waals surface area contributed by atoms with Crippen molar-refractivity contribution in [3.8, 4) is 5.82 Å². The number of alkyl halides is 3. The molecule has 0 aromatic carbocycles. The molecule has 1 fully saturated rings. The van der Waals surface area contributed by atoms with Crippen molar-refractivity contribution in [3.63, 3.8) is 0 Å². The lowest BCUT2D eigenvalue weighted by Crippen LogP contribution is -2.46. The first-order chi connectivity index (χ1) is 12.6. The van der Waals surface area contributed by atoms with Gasteiger partial charge in [0.2, 0.25) is 0 Å². The number of aliphatic hydroxyl groups excluding tert-OH is 1. The molecule has 0 spiro atoms. The van der Waals surface area contributed by atoms with E-state index >= 15 is 0 Å². The molecule has 2 aromatic heterocycles. The normalized spacial score (nSPS) is 21.0. The van der Waals surface area contributed by atoms with Crippen LogP contribution >= 0.6 is 0 Å². The first kappa shape index (κ1) is 17.9. The molecule has 2 aliphatic rings. The molecule has 2 heterocycles. The zero-order chi connectivity index (χ0) is 19.6. The Bertz CT molecular complexity index is 905. The number of halogens is 3. The van der Waals surface area contributed by atoms with E-state index in [1.54, 1.807) is 13.8 Å². The summed E-state index contributed by atoms with van der Waals surface area (Å²) in [4.78, 5) is 19.9. The van der Waals surface area contributed by atoms with Gasteiger partial charge in [-0.05, 0) is 32.6 Å². The highest BCUT2D eigenvalue weighted by atomic mass is 19.4. The van der Waals surface area contributed by atoms with E-state index in [0.717, 1.165) is 23.9 Å². The Balaban J connectivity index is 1.72. The van der Waals surface area contributed by atoms with Gasteiger partial charge in [0.15, 0.2) is 17.2 Å². The molecule has 0 bridgehead atoms. The molecule has 1 saturated carbocycles. The fourth-order valence-corrected chi connectivity index (χ4v) is 3.46. The number of carbonyl (C=O) groups excluding carboxylic acids is 1. The Labute approximate surface area is 152 Å². The third-order valence-corrected chi connectivity index (χ3v) is 4.97. The minimum absolute atomic E-state index is 0.146. The topological polar surface area (TPSA) is 92.9 Å². The van der Waals surface area contributed by atoms with Crippen LogP contribution in [0, 0.1) is 5.92 Å². The molecule has 0 unspecified atom stereocenters. The van der Waals surface area contributed by atoms with Crippen molar-refractivity contribution in [1.29, 1.82) is 0 Å². The summed E-state index contributed by atoms with van der Waals surface area (Å²) in [6.07, 6.45) is -1.21. The molecule has 0 saturated heterocycles. The van der Waals surface area contributed by atoms with E-state index in [1.807, 2.05) is 0 Å². The number of aliphatic hydroxyl groups is 1. The van der Waals surface area contributed by atoms with E-state index in [0.29, 0.717) is 18.5 Å². The lowest BCUT2D eigenvalue weighted by atomic mass is 10.1. The van der Waals surface area contributed by atoms with Gasteiger partial charge in [-0.1, -0.05) is 0 Å². The highest BCUT2D eigenvalue weighted by Gasteiger charge is 2.50. The molecule has 2 atom stereocenters. The summed E-state index contributed by atoms with van der Waals surface area (Å²) in [5, 5.41) is 16.4. The largest absolute Gasteiger partial charge is 0.434 e. The van der Waals surface area contributed by atoms with Crippen LogP contribution in [0.4, 0.5) is 13.2 Å². The molecule has 27 heavy (non-hydrogen) atoms. The van der Waals surface area contributed by atoms with E-state index < -0.39 is 23.3 Å². The molecule has 2 aliphatic carbocycles. The molecular formula is C17H18F3N5O2. The van der Waals surface area contributed by atoms with E-state index in [2.05, 4.69) is 20.4 Å². The number of carbonyl (C=O) groups is 1. The number of nitrogens with zero attached hydrogens (tertiary/aromatic N) is 4. The maximum atomic E-state index is 12.7. The molecule has 2 aromatic rings. The number of amides is 1. The highest BCUT2D eigenvalue weighted by molar-refractivity contribution is 5.95. The van der Waals surface area contributed by atoms with E-state index in [4.69, 9.17) is 0 Å². The Kier molecular flexibility index (Phi) is 3.81. The average molecular weight is 381 g/mol. The van der Waals surface area contributed by atoms with Crippen LogP contribution in [0.1, 0.15) is 53.6 Å². The lowest BCUT2D eigenvalue weighted by molar-refractivity contribution is -0.141. The van der Waals surface area contributed by atoms with E-state index in [1.165, 1.54) is 4.68 Å². The lowest BCUT2D eigenvalue weighted by Gasteiger charge is -2.23. The fourth-order valence-electron chi connectivity index (χ4n) is 3.46. The maximum absolute atomic E-state index is 12.7. The van der Waals surface area contributed by atoms with Crippen molar-refractivity contribution in [3.05, 3.63) is 35.0 Å². The smallest absolute Gasteiger partial charge is 0.394 e. The van der Waals surface area contributed by atoms with Crippen LogP contribution in [0.25, 0.3) is 5.82 Å². The second-order valence-electron chi connectivity index (χ2n) is 7.68. The summed E-state index contributed by atoms with van der Waals surface area (Å²) in [7, 11) is 0. The number of hydrogen-bond donors (Lipinski definition) is 2. The third kappa shape index (κ3) is 3.07. The molecule has 7 nitrogen and oxygen atoms in total. The van der Waals surface area contributed by atoms with E-state index in [-0.39, 0.29) is 24.0 Å². The van der Waals surface area contributed by atoms with Crippen LogP contribution in [0.2, 0.25) is 0 Å². The first-order valence-electron chi connectivity index (χ1n) is 8.55. The van der Waals surface area contributed by atoms with Crippen molar-refractivity contribution in [1.82, 2.24) is 25.1 Å². The number of fused-ring (bicyclic) bond motifs is 3. The zero-order valence-electron chi connectivity index (χ0n) is 14.7. The highest BCUT2D eigenvalue weighted by Crippen LogP contribution is 2.57. The van der Waals surface area contributed by atoms with Gasteiger partial charge >= 0.3 is 6.18 Å². The number of hydrogen-bond acceptors (Lipinski definition) is 5. The first-order valence-corrected chi connectivity index (χ1v) is 8.55. The van der Waals surface area contributed by atoms with Crippen molar-refractivity contribution in [2.75, 3.05) is 6.61 Å². The predicted molar refractivity (Wildman–Crippen MR) is 87.3 cm³/mol.